The SMILES string of the molecule is CC(C)(C)OC(=O)Nc1nc2c(-c3cccc(Cl)c3)c(F)c(Cc3ccc(N)cc3)cc2s1.CC(C)(C)OC(=O)Nc1nc2c(-c3cccc(Cl)c3)c(F)c(Cc3ccc([NH+]([O-])O)cc3)cc2s1.Nc1ccc(Cc2cc3sc(N)nc3c(-c3cccc(Cl)c3)c2F)cc1. The molecular weight excluding hydrogens is 1320 g/mol. The van der Waals surface area contributed by atoms with Crippen molar-refractivity contribution < 1.29 is 42.7 Å². The first-order valence-electron chi connectivity index (χ1n) is 29.0. The van der Waals surface area contributed by atoms with Crippen molar-refractivity contribution in [1.29, 1.82) is 0 Å². The summed E-state index contributed by atoms with van der Waals surface area (Å²) in [5.74, 6) is -1.14. The molecule has 12 aromatic rings. The van der Waals surface area contributed by atoms with E-state index in [1.165, 1.54) is 46.1 Å². The van der Waals surface area contributed by atoms with Crippen molar-refractivity contribution in [2.75, 3.05) is 27.8 Å². The summed E-state index contributed by atoms with van der Waals surface area (Å²) < 4.78 is 60.1. The monoisotopic (exact) mass is 1380 g/mol. The standard InChI is InChI=1S/C25H23ClFN3O4S.C25H23ClFN3O2S.C20H15ClFN3S/c1-25(2,3)34-24(31)29-23-28-22-19(35-23)13-16(11-14-7-9-18(10-8-14)30(32)33)21(27)20(22)15-5-4-6-17(26)12-15;1-25(2,3)32-24(31)30-23-29-22-19(33-23)13-16(11-14-7-9-18(28)10-8-14)21(27)20(22)15-5-4-6-17(26)12-15;21-14-3-1-2-12(9-14)17-18(22)13(8-11-4-6-15(23)7-5-11)10-16-19(17)25-20(24)26-16/h4-10,12-13,30,32H,11H2,1-3H3,(H,28,29,31);4-10,12-13H,11,28H2,1-3H3,(H,29,30,31);1-7,9-10H,8,23H2,(H2,24,25). The zero-order valence-corrected chi connectivity index (χ0v) is 56.0. The zero-order chi connectivity index (χ0) is 67.3. The number of thiazole rings is 3. The van der Waals surface area contributed by atoms with Gasteiger partial charge in [0, 0.05) is 74.5 Å². The van der Waals surface area contributed by atoms with Crippen LogP contribution in [-0.2, 0) is 28.7 Å². The van der Waals surface area contributed by atoms with Gasteiger partial charge in [0.25, 0.3) is 0 Å². The normalized spacial score (nSPS) is 11.8. The Morgan fingerprint density at radius 2 is 0.819 bits per heavy atom. The molecule has 9 aromatic carbocycles. The minimum atomic E-state index is -1.03. The minimum absolute atomic E-state index is 0.157. The van der Waals surface area contributed by atoms with Crippen molar-refractivity contribution >= 4 is 144 Å². The molecule has 10 N–H and O–H groups in total. The zero-order valence-electron chi connectivity index (χ0n) is 51.3. The van der Waals surface area contributed by atoms with Crippen LogP contribution in [0.1, 0.15) is 74.9 Å². The second-order valence-electron chi connectivity index (χ2n) is 23.6. The van der Waals surface area contributed by atoms with Gasteiger partial charge in [-0.05, 0) is 170 Å². The van der Waals surface area contributed by atoms with E-state index in [1.807, 2.05) is 48.5 Å². The number of anilines is 5. The number of quaternary nitrogens is 1. The Morgan fingerprint density at radius 3 is 1.14 bits per heavy atom. The van der Waals surface area contributed by atoms with Gasteiger partial charge in [0.1, 0.15) is 28.7 Å². The summed E-state index contributed by atoms with van der Waals surface area (Å²) >= 11 is 22.3. The van der Waals surface area contributed by atoms with Crippen LogP contribution in [-0.4, -0.2) is 43.5 Å². The van der Waals surface area contributed by atoms with Crippen molar-refractivity contribution in [2.24, 2.45) is 0 Å². The van der Waals surface area contributed by atoms with Gasteiger partial charge in [-0.1, -0.05) is 142 Å². The fraction of sp³-hybridized carbons (Fsp3) is 0.157. The Hall–Kier alpha value is -8.87. The van der Waals surface area contributed by atoms with Crippen LogP contribution in [0.5, 0.6) is 0 Å². The maximum Gasteiger partial charge on any atom is 0.413 e. The lowest BCUT2D eigenvalue weighted by Crippen LogP contribution is -2.99. The fourth-order valence-corrected chi connectivity index (χ4v) is 13.2. The van der Waals surface area contributed by atoms with Crippen molar-refractivity contribution in [2.45, 2.75) is 72.0 Å². The number of carbonyl (C=O) groups excluding carboxylic acids is 2. The number of nitrogen functional groups attached to an aromatic ring is 3. The average molecular weight is 1380 g/mol. The third kappa shape index (κ3) is 17.1. The number of nitrogens with one attached hydrogen (secondary N) is 3. The summed E-state index contributed by atoms with van der Waals surface area (Å²) in [5.41, 5.74) is 26.0. The second kappa shape index (κ2) is 28.8. The van der Waals surface area contributed by atoms with Gasteiger partial charge < -0.3 is 31.9 Å². The number of nitrogens with zero attached hydrogens (tertiary/aromatic N) is 3. The molecule has 0 fully saturated rings. The molecule has 0 saturated heterocycles. The summed E-state index contributed by atoms with van der Waals surface area (Å²) in [6.45, 7) is 10.6. The highest BCUT2D eigenvalue weighted by atomic mass is 35.5. The van der Waals surface area contributed by atoms with Crippen LogP contribution >= 0.6 is 68.8 Å². The van der Waals surface area contributed by atoms with Crippen LogP contribution in [0.4, 0.5) is 55.2 Å². The highest BCUT2D eigenvalue weighted by Gasteiger charge is 2.26. The van der Waals surface area contributed by atoms with Gasteiger partial charge in [0.05, 0.1) is 30.6 Å². The molecule has 0 spiro atoms. The summed E-state index contributed by atoms with van der Waals surface area (Å²) in [6, 6.07) is 47.3. The Labute approximate surface area is 566 Å². The van der Waals surface area contributed by atoms with E-state index in [9.17, 15) is 14.8 Å². The lowest BCUT2D eigenvalue weighted by atomic mass is 9.97. The van der Waals surface area contributed by atoms with Crippen LogP contribution in [0.25, 0.3) is 64.0 Å². The van der Waals surface area contributed by atoms with Gasteiger partial charge in [0.2, 0.25) is 0 Å². The predicted molar refractivity (Wildman–Crippen MR) is 377 cm³/mol. The molecule has 0 aliphatic heterocycles. The van der Waals surface area contributed by atoms with E-state index < -0.39 is 34.4 Å². The second-order valence-corrected chi connectivity index (χ2v) is 28.0. The van der Waals surface area contributed by atoms with Gasteiger partial charge in [-0.2, -0.15) is 5.23 Å². The van der Waals surface area contributed by atoms with Gasteiger partial charge in [0.15, 0.2) is 21.1 Å². The molecule has 3 heterocycles. The summed E-state index contributed by atoms with van der Waals surface area (Å²) in [5, 5.41) is 27.0. The highest BCUT2D eigenvalue weighted by Crippen LogP contribution is 2.42. The number of amides is 2. The Bertz CT molecular complexity index is 4770. The molecule has 15 nitrogen and oxygen atoms in total. The molecule has 0 aliphatic carbocycles. The lowest BCUT2D eigenvalue weighted by molar-refractivity contribution is -0.991. The maximum absolute atomic E-state index is 15.9. The average Bonchev–Trinajstić information content (AvgIpc) is 1.54. The summed E-state index contributed by atoms with van der Waals surface area (Å²) in [7, 11) is 0. The van der Waals surface area contributed by atoms with Crippen molar-refractivity contribution in [3.8, 4) is 33.4 Å². The van der Waals surface area contributed by atoms with Crippen LogP contribution in [0.2, 0.25) is 15.1 Å². The maximum atomic E-state index is 15.9. The topological polar surface area (TPSA) is 241 Å². The molecule has 0 aliphatic rings. The molecule has 24 heteroatoms. The Morgan fingerprint density at radius 1 is 0.500 bits per heavy atom. The molecule has 1 atom stereocenters. The number of ether oxygens (including phenoxy) is 2. The predicted octanol–water partition coefficient (Wildman–Crippen LogP) is 18.9. The number of fused-ring (bicyclic) bond motifs is 3. The smallest absolute Gasteiger partial charge is 0.413 e. The Kier molecular flexibility index (Phi) is 20.8. The van der Waals surface area contributed by atoms with E-state index >= 15 is 13.2 Å². The first-order valence-corrected chi connectivity index (χ1v) is 32.6. The number of halogens is 6. The molecule has 482 valence electrons. The minimum Gasteiger partial charge on any atom is -0.595 e. The van der Waals surface area contributed by atoms with E-state index in [2.05, 4.69) is 25.6 Å². The molecule has 94 heavy (non-hydrogen) atoms. The van der Waals surface area contributed by atoms with Crippen LogP contribution in [0, 0.1) is 22.7 Å². The summed E-state index contributed by atoms with van der Waals surface area (Å²) in [6.07, 6.45) is -0.203. The third-order valence-corrected chi connectivity index (χ3v) is 17.4. The van der Waals surface area contributed by atoms with E-state index in [0.29, 0.717) is 115 Å². The largest absolute Gasteiger partial charge is 0.595 e. The number of nitrogens with two attached hydrogens (primary N) is 3. The number of rotatable bonds is 12. The third-order valence-electron chi connectivity index (χ3n) is 14.0. The van der Waals surface area contributed by atoms with E-state index in [1.54, 1.807) is 145 Å². The molecule has 0 saturated carbocycles. The number of carbonyl (C=O) groups is 2. The van der Waals surface area contributed by atoms with Crippen molar-refractivity contribution in [1.82, 2.24) is 15.0 Å². The molecule has 0 bridgehead atoms. The van der Waals surface area contributed by atoms with Gasteiger partial charge in [-0.25, -0.2) is 42.9 Å². The summed E-state index contributed by atoms with van der Waals surface area (Å²) in [4.78, 5) is 37.8. The number of aromatic nitrogens is 3. The van der Waals surface area contributed by atoms with Crippen LogP contribution < -0.4 is 33.1 Å². The first-order chi connectivity index (χ1) is 44.6. The van der Waals surface area contributed by atoms with Gasteiger partial charge in [-0.15, -0.1) is 0 Å². The van der Waals surface area contributed by atoms with E-state index in [-0.39, 0.29) is 34.4 Å². The van der Waals surface area contributed by atoms with E-state index in [0.717, 1.165) is 26.1 Å². The van der Waals surface area contributed by atoms with Crippen LogP contribution in [0.15, 0.2) is 164 Å². The van der Waals surface area contributed by atoms with Gasteiger partial charge >= 0.3 is 12.2 Å². The van der Waals surface area contributed by atoms with Crippen molar-refractivity contribution in [3.05, 3.63) is 235 Å². The molecule has 0 radical (unpaired) electrons. The first kappa shape index (κ1) is 68.0. The molecule has 2 amide bonds. The van der Waals surface area contributed by atoms with Crippen LogP contribution in [0.3, 0.4) is 0 Å². The number of hydrogen-bond donors (Lipinski definition) is 7. The molecule has 12 rings (SSSR count). The lowest BCUT2D eigenvalue weighted by Gasteiger charge is -2.18. The fourth-order valence-electron chi connectivity index (χ4n) is 9.99. The molecule has 1 unspecified atom stereocenters. The van der Waals surface area contributed by atoms with Gasteiger partial charge in [-0.3, -0.25) is 10.6 Å². The molecular formula is C70H61Cl3F3N9O6S3. The van der Waals surface area contributed by atoms with Crippen molar-refractivity contribution in [3.63, 3.8) is 0 Å². The number of benzene rings is 9. The Balaban J connectivity index is 0.000000156. The quantitative estimate of drug-likeness (QED) is 0.0446. The van der Waals surface area contributed by atoms with E-state index in [4.69, 9.17) is 66.7 Å². The molecule has 3 aromatic heterocycles. The highest BCUT2D eigenvalue weighted by molar-refractivity contribution is 7.23. The number of hydrogen-bond acceptors (Lipinski definition) is 15.